The summed E-state index contributed by atoms with van der Waals surface area (Å²) >= 11 is 0. The highest BCUT2D eigenvalue weighted by atomic mass is 16.4. The van der Waals surface area contributed by atoms with Crippen molar-refractivity contribution in [1.29, 1.82) is 0 Å². The van der Waals surface area contributed by atoms with Crippen molar-refractivity contribution in [2.24, 2.45) is 5.73 Å². The molecule has 96 valence electrons. The minimum absolute atomic E-state index is 0.191. The molecule has 1 aliphatic rings. The fourth-order valence-corrected chi connectivity index (χ4v) is 2.18. The summed E-state index contributed by atoms with van der Waals surface area (Å²) in [4.78, 5) is 22.7. The Labute approximate surface area is 105 Å². The zero-order valence-corrected chi connectivity index (χ0v) is 9.98. The predicted molar refractivity (Wildman–Crippen MR) is 67.4 cm³/mol. The van der Waals surface area contributed by atoms with E-state index in [2.05, 4.69) is 5.32 Å². The van der Waals surface area contributed by atoms with Gasteiger partial charge in [0.15, 0.2) is 0 Å². The highest BCUT2D eigenvalue weighted by Crippen LogP contribution is 2.28. The van der Waals surface area contributed by atoms with E-state index in [1.54, 1.807) is 12.1 Å². The SMILES string of the molecule is NC1(C(=O)Nc2ccc(C(=O)O)cc2)CCCC1. The molecule has 0 heterocycles. The topological polar surface area (TPSA) is 92.4 Å². The van der Waals surface area contributed by atoms with Crippen LogP contribution in [0.15, 0.2) is 24.3 Å². The van der Waals surface area contributed by atoms with Gasteiger partial charge in [0.2, 0.25) is 5.91 Å². The zero-order chi connectivity index (χ0) is 13.2. The van der Waals surface area contributed by atoms with Gasteiger partial charge in [-0.15, -0.1) is 0 Å². The molecule has 0 radical (unpaired) electrons. The lowest BCUT2D eigenvalue weighted by Gasteiger charge is -2.22. The number of nitrogens with one attached hydrogen (secondary N) is 1. The molecule has 2 rings (SSSR count). The zero-order valence-electron chi connectivity index (χ0n) is 9.98. The van der Waals surface area contributed by atoms with Gasteiger partial charge in [0.25, 0.3) is 0 Å². The minimum atomic E-state index is -0.987. The monoisotopic (exact) mass is 248 g/mol. The number of nitrogens with two attached hydrogens (primary N) is 1. The van der Waals surface area contributed by atoms with E-state index < -0.39 is 11.5 Å². The molecule has 0 bridgehead atoms. The summed E-state index contributed by atoms with van der Waals surface area (Å²) in [5.41, 5.74) is 6.01. The molecule has 1 aliphatic carbocycles. The highest BCUT2D eigenvalue weighted by Gasteiger charge is 2.36. The van der Waals surface area contributed by atoms with Crippen LogP contribution < -0.4 is 11.1 Å². The van der Waals surface area contributed by atoms with E-state index in [0.29, 0.717) is 18.5 Å². The van der Waals surface area contributed by atoms with Gasteiger partial charge in [-0.05, 0) is 37.1 Å². The number of hydrogen-bond donors (Lipinski definition) is 3. The number of anilines is 1. The lowest BCUT2D eigenvalue weighted by atomic mass is 9.98. The van der Waals surface area contributed by atoms with E-state index >= 15 is 0 Å². The molecule has 1 amide bonds. The van der Waals surface area contributed by atoms with Gasteiger partial charge >= 0.3 is 5.97 Å². The Morgan fingerprint density at radius 3 is 2.22 bits per heavy atom. The van der Waals surface area contributed by atoms with Crippen LogP contribution in [0.5, 0.6) is 0 Å². The van der Waals surface area contributed by atoms with Crippen LogP contribution in [0.1, 0.15) is 36.0 Å². The summed E-state index contributed by atoms with van der Waals surface area (Å²) in [7, 11) is 0. The largest absolute Gasteiger partial charge is 0.478 e. The molecule has 0 unspecified atom stereocenters. The number of carboxylic acids is 1. The second-order valence-electron chi connectivity index (χ2n) is 4.70. The molecule has 1 fully saturated rings. The third-order valence-corrected chi connectivity index (χ3v) is 3.34. The van der Waals surface area contributed by atoms with Gasteiger partial charge in [-0.1, -0.05) is 12.8 Å². The number of carbonyl (C=O) groups excluding carboxylic acids is 1. The molecule has 1 aromatic carbocycles. The van der Waals surface area contributed by atoms with Gasteiger partial charge < -0.3 is 16.2 Å². The van der Waals surface area contributed by atoms with Crippen molar-refractivity contribution in [3.63, 3.8) is 0 Å². The van der Waals surface area contributed by atoms with Crippen molar-refractivity contribution >= 4 is 17.6 Å². The normalized spacial score (nSPS) is 17.4. The number of aromatic carboxylic acids is 1. The molecule has 0 aliphatic heterocycles. The van der Waals surface area contributed by atoms with E-state index in [9.17, 15) is 9.59 Å². The number of amides is 1. The van der Waals surface area contributed by atoms with Crippen molar-refractivity contribution in [1.82, 2.24) is 0 Å². The minimum Gasteiger partial charge on any atom is -0.478 e. The molecule has 0 atom stereocenters. The maximum absolute atomic E-state index is 12.0. The number of hydrogen-bond acceptors (Lipinski definition) is 3. The van der Waals surface area contributed by atoms with E-state index in [4.69, 9.17) is 10.8 Å². The van der Waals surface area contributed by atoms with Crippen LogP contribution in [0.2, 0.25) is 0 Å². The average molecular weight is 248 g/mol. The maximum atomic E-state index is 12.0. The lowest BCUT2D eigenvalue weighted by molar-refractivity contribution is -0.121. The smallest absolute Gasteiger partial charge is 0.335 e. The molecule has 1 aromatic rings. The highest BCUT2D eigenvalue weighted by molar-refractivity contribution is 5.98. The van der Waals surface area contributed by atoms with Crippen LogP contribution in [-0.4, -0.2) is 22.5 Å². The average Bonchev–Trinajstić information content (AvgIpc) is 2.78. The van der Waals surface area contributed by atoms with Crippen LogP contribution in [-0.2, 0) is 4.79 Å². The molecular weight excluding hydrogens is 232 g/mol. The van der Waals surface area contributed by atoms with Crippen LogP contribution in [0.25, 0.3) is 0 Å². The number of rotatable bonds is 3. The van der Waals surface area contributed by atoms with E-state index in [1.165, 1.54) is 12.1 Å². The first-order valence-electron chi connectivity index (χ1n) is 5.95. The molecule has 1 saturated carbocycles. The van der Waals surface area contributed by atoms with Crippen LogP contribution in [0, 0.1) is 0 Å². The van der Waals surface area contributed by atoms with Gasteiger partial charge in [0, 0.05) is 5.69 Å². The summed E-state index contributed by atoms with van der Waals surface area (Å²) in [6, 6.07) is 6.05. The Morgan fingerprint density at radius 1 is 1.17 bits per heavy atom. The third kappa shape index (κ3) is 2.51. The lowest BCUT2D eigenvalue weighted by Crippen LogP contribution is -2.48. The third-order valence-electron chi connectivity index (χ3n) is 3.34. The molecule has 0 spiro atoms. The first-order chi connectivity index (χ1) is 8.51. The summed E-state index contributed by atoms with van der Waals surface area (Å²) < 4.78 is 0. The van der Waals surface area contributed by atoms with Crippen LogP contribution >= 0.6 is 0 Å². The number of carboxylic acid groups (broad SMARTS) is 1. The van der Waals surface area contributed by atoms with Gasteiger partial charge in [-0.3, -0.25) is 4.79 Å². The fourth-order valence-electron chi connectivity index (χ4n) is 2.18. The maximum Gasteiger partial charge on any atom is 0.335 e. The van der Waals surface area contributed by atoms with E-state index in [0.717, 1.165) is 12.8 Å². The Balaban J connectivity index is 2.05. The van der Waals surface area contributed by atoms with Gasteiger partial charge in [-0.25, -0.2) is 4.79 Å². The Morgan fingerprint density at radius 2 is 1.72 bits per heavy atom. The first-order valence-corrected chi connectivity index (χ1v) is 5.95. The number of carbonyl (C=O) groups is 2. The van der Waals surface area contributed by atoms with Crippen molar-refractivity contribution in [2.75, 3.05) is 5.32 Å². The molecule has 0 saturated heterocycles. The summed E-state index contributed by atoms with van der Waals surface area (Å²) in [6.45, 7) is 0. The van der Waals surface area contributed by atoms with Crippen LogP contribution in [0.4, 0.5) is 5.69 Å². The molecule has 0 aromatic heterocycles. The van der Waals surface area contributed by atoms with Gasteiger partial charge in [0.05, 0.1) is 11.1 Å². The Bertz CT molecular complexity index is 462. The Hall–Kier alpha value is -1.88. The van der Waals surface area contributed by atoms with Crippen molar-refractivity contribution in [2.45, 2.75) is 31.2 Å². The van der Waals surface area contributed by atoms with E-state index in [-0.39, 0.29) is 11.5 Å². The summed E-state index contributed by atoms with van der Waals surface area (Å²) in [5.74, 6) is -1.18. The fraction of sp³-hybridized carbons (Fsp3) is 0.385. The molecule has 5 heteroatoms. The first kappa shape index (κ1) is 12.6. The molecule has 4 N–H and O–H groups in total. The quantitative estimate of drug-likeness (QED) is 0.757. The molecule has 18 heavy (non-hydrogen) atoms. The predicted octanol–water partition coefficient (Wildman–Crippen LogP) is 1.59. The summed E-state index contributed by atoms with van der Waals surface area (Å²) in [5, 5.41) is 11.5. The second kappa shape index (κ2) is 4.78. The second-order valence-corrected chi connectivity index (χ2v) is 4.70. The number of benzene rings is 1. The summed E-state index contributed by atoms with van der Waals surface area (Å²) in [6.07, 6.45) is 3.35. The van der Waals surface area contributed by atoms with Gasteiger partial charge in [0.1, 0.15) is 0 Å². The molecular formula is C13H16N2O3. The van der Waals surface area contributed by atoms with Crippen molar-refractivity contribution < 1.29 is 14.7 Å². The van der Waals surface area contributed by atoms with Crippen molar-refractivity contribution in [3.05, 3.63) is 29.8 Å². The Kier molecular flexibility index (Phi) is 3.34. The van der Waals surface area contributed by atoms with Crippen molar-refractivity contribution in [3.8, 4) is 0 Å². The van der Waals surface area contributed by atoms with Gasteiger partial charge in [-0.2, -0.15) is 0 Å². The van der Waals surface area contributed by atoms with Crippen LogP contribution in [0.3, 0.4) is 0 Å². The standard InChI is InChI=1S/C13H16N2O3/c14-13(7-1-2-8-13)12(18)15-10-5-3-9(4-6-10)11(16)17/h3-6H,1-2,7-8,14H2,(H,15,18)(H,16,17). The van der Waals surface area contributed by atoms with E-state index in [1.807, 2.05) is 0 Å². The molecule has 5 nitrogen and oxygen atoms in total.